The highest BCUT2D eigenvalue weighted by Gasteiger charge is 1.99. The van der Waals surface area contributed by atoms with Crippen LogP contribution in [0.5, 0.6) is 11.5 Å². The van der Waals surface area contributed by atoms with E-state index in [1.807, 2.05) is 66.8 Å². The molecule has 5 nitrogen and oxygen atoms in total. The zero-order valence-corrected chi connectivity index (χ0v) is 16.7. The van der Waals surface area contributed by atoms with E-state index >= 15 is 0 Å². The van der Waals surface area contributed by atoms with Crippen LogP contribution in [-0.2, 0) is 9.59 Å². The van der Waals surface area contributed by atoms with Gasteiger partial charge in [0.25, 0.3) is 0 Å². The summed E-state index contributed by atoms with van der Waals surface area (Å²) in [4.78, 5) is 26.5. The number of hydrogen-bond acceptors (Lipinski definition) is 5. The van der Waals surface area contributed by atoms with Crippen LogP contribution in [0, 0.1) is 0 Å². The van der Waals surface area contributed by atoms with Crippen LogP contribution < -0.4 is 9.47 Å². The van der Waals surface area contributed by atoms with Gasteiger partial charge in [-0.3, -0.25) is 9.59 Å². The number of nitrogens with zero attached hydrogens (tertiary/aromatic N) is 1. The van der Waals surface area contributed by atoms with E-state index in [0.29, 0.717) is 11.5 Å². The van der Waals surface area contributed by atoms with E-state index in [4.69, 9.17) is 9.47 Å². The third-order valence-electron chi connectivity index (χ3n) is 3.97. The predicted molar refractivity (Wildman–Crippen MR) is 118 cm³/mol. The highest BCUT2D eigenvalue weighted by Crippen LogP contribution is 2.16. The molecule has 0 radical (unpaired) electrons. The molecule has 0 atom stereocenters. The molecule has 0 spiro atoms. The molecule has 0 fully saturated rings. The van der Waals surface area contributed by atoms with Crippen LogP contribution >= 0.6 is 0 Å². The Morgan fingerprint density at radius 2 is 1.03 bits per heavy atom. The zero-order chi connectivity index (χ0) is 21.3. The van der Waals surface area contributed by atoms with Crippen molar-refractivity contribution in [1.29, 1.82) is 0 Å². The second-order valence-corrected chi connectivity index (χ2v) is 6.48. The van der Waals surface area contributed by atoms with E-state index < -0.39 is 0 Å². The van der Waals surface area contributed by atoms with Gasteiger partial charge in [0, 0.05) is 13.8 Å². The Bertz CT molecular complexity index is 996. The molecule has 2 aromatic carbocycles. The topological polar surface area (TPSA) is 65.5 Å². The fourth-order valence-electron chi connectivity index (χ4n) is 2.64. The number of carbonyl (C=O) groups excluding carboxylic acids is 2. The summed E-state index contributed by atoms with van der Waals surface area (Å²) in [6, 6.07) is 20.3. The Hall–Kier alpha value is -3.99. The number of rotatable bonds is 6. The highest BCUT2D eigenvalue weighted by molar-refractivity contribution is 5.73. The maximum atomic E-state index is 11.0. The summed E-state index contributed by atoms with van der Waals surface area (Å²) in [7, 11) is 0. The first-order valence-corrected chi connectivity index (χ1v) is 9.38. The van der Waals surface area contributed by atoms with Gasteiger partial charge < -0.3 is 9.47 Å². The van der Waals surface area contributed by atoms with Gasteiger partial charge in [0.05, 0.1) is 11.4 Å². The number of benzene rings is 2. The zero-order valence-electron chi connectivity index (χ0n) is 16.7. The average Bonchev–Trinajstić information content (AvgIpc) is 2.72. The van der Waals surface area contributed by atoms with Crippen molar-refractivity contribution in [2.24, 2.45) is 0 Å². The smallest absolute Gasteiger partial charge is 0.308 e. The molecular formula is C25H21NO4. The van der Waals surface area contributed by atoms with E-state index in [1.165, 1.54) is 13.8 Å². The first-order chi connectivity index (χ1) is 14.5. The van der Waals surface area contributed by atoms with E-state index in [1.54, 1.807) is 24.3 Å². The number of ether oxygens (including phenoxy) is 2. The van der Waals surface area contributed by atoms with Gasteiger partial charge in [-0.25, -0.2) is 4.98 Å². The van der Waals surface area contributed by atoms with Crippen molar-refractivity contribution in [3.05, 3.63) is 89.2 Å². The van der Waals surface area contributed by atoms with Gasteiger partial charge in [0.15, 0.2) is 0 Å². The van der Waals surface area contributed by atoms with E-state index in [2.05, 4.69) is 4.98 Å². The molecule has 1 aromatic heterocycles. The van der Waals surface area contributed by atoms with Crippen LogP contribution in [0.2, 0.25) is 0 Å². The number of aromatic nitrogens is 1. The molecule has 0 amide bonds. The van der Waals surface area contributed by atoms with Crippen LogP contribution in [0.25, 0.3) is 24.3 Å². The van der Waals surface area contributed by atoms with Crippen LogP contribution in [0.4, 0.5) is 0 Å². The summed E-state index contributed by atoms with van der Waals surface area (Å²) in [6.07, 6.45) is 7.74. The molecule has 150 valence electrons. The SMILES string of the molecule is CC(=O)Oc1ccc(/C=C/c2cccc(/C=C/c3ccc(OC(C)=O)cc3)n2)cc1. The molecule has 0 aliphatic rings. The maximum absolute atomic E-state index is 11.0. The summed E-state index contributed by atoms with van der Waals surface area (Å²) in [6.45, 7) is 2.75. The Kier molecular flexibility index (Phi) is 6.90. The van der Waals surface area contributed by atoms with Crippen LogP contribution in [0.1, 0.15) is 36.4 Å². The second kappa shape index (κ2) is 9.98. The lowest BCUT2D eigenvalue weighted by Crippen LogP contribution is -2.00. The summed E-state index contributed by atoms with van der Waals surface area (Å²) >= 11 is 0. The monoisotopic (exact) mass is 399 g/mol. The normalized spacial score (nSPS) is 11.0. The molecule has 0 N–H and O–H groups in total. The van der Waals surface area contributed by atoms with Crippen molar-refractivity contribution in [2.75, 3.05) is 0 Å². The second-order valence-electron chi connectivity index (χ2n) is 6.48. The molecule has 0 unspecified atom stereocenters. The molecule has 0 saturated heterocycles. The standard InChI is InChI=1S/C25H21NO4/c1-18(27)29-24-14-8-20(9-15-24)6-12-22-4-3-5-23(26-22)13-7-21-10-16-25(17-11-21)30-19(2)28/h3-17H,1-2H3/b12-6+,13-7+. The van der Waals surface area contributed by atoms with Gasteiger partial charge in [-0.2, -0.15) is 0 Å². The van der Waals surface area contributed by atoms with E-state index in [-0.39, 0.29) is 11.9 Å². The maximum Gasteiger partial charge on any atom is 0.308 e. The minimum atomic E-state index is -0.340. The molecule has 0 saturated carbocycles. The third kappa shape index (κ3) is 6.56. The average molecular weight is 399 g/mol. The first kappa shape index (κ1) is 20.7. The third-order valence-corrected chi connectivity index (χ3v) is 3.97. The van der Waals surface area contributed by atoms with Crippen molar-refractivity contribution >= 4 is 36.2 Å². The lowest BCUT2D eigenvalue weighted by molar-refractivity contribution is -0.132. The van der Waals surface area contributed by atoms with Crippen LogP contribution in [-0.4, -0.2) is 16.9 Å². The minimum Gasteiger partial charge on any atom is -0.427 e. The number of esters is 2. The van der Waals surface area contributed by atoms with Crippen molar-refractivity contribution in [2.45, 2.75) is 13.8 Å². The molecule has 5 heteroatoms. The number of carbonyl (C=O) groups is 2. The molecule has 0 aliphatic carbocycles. The van der Waals surface area contributed by atoms with Crippen molar-refractivity contribution in [3.8, 4) is 11.5 Å². The molecule has 30 heavy (non-hydrogen) atoms. The number of pyridine rings is 1. The molecule has 3 aromatic rings. The Morgan fingerprint density at radius 1 is 0.633 bits per heavy atom. The molecule has 0 aliphatic heterocycles. The van der Waals surface area contributed by atoms with Crippen molar-refractivity contribution < 1.29 is 19.1 Å². The van der Waals surface area contributed by atoms with E-state index in [0.717, 1.165) is 22.5 Å². The fraction of sp³-hybridized carbons (Fsp3) is 0.0800. The van der Waals surface area contributed by atoms with Crippen molar-refractivity contribution in [3.63, 3.8) is 0 Å². The predicted octanol–water partition coefficient (Wildman–Crippen LogP) is 5.27. The van der Waals surface area contributed by atoms with E-state index in [9.17, 15) is 9.59 Å². The Balaban J connectivity index is 1.65. The van der Waals surface area contributed by atoms with Gasteiger partial charge in [-0.05, 0) is 59.7 Å². The van der Waals surface area contributed by atoms with Crippen molar-refractivity contribution in [1.82, 2.24) is 4.98 Å². The highest BCUT2D eigenvalue weighted by atomic mass is 16.5. The Morgan fingerprint density at radius 3 is 1.40 bits per heavy atom. The summed E-state index contributed by atoms with van der Waals surface area (Å²) in [5.74, 6) is 0.358. The largest absolute Gasteiger partial charge is 0.427 e. The summed E-state index contributed by atoms with van der Waals surface area (Å²) in [5, 5.41) is 0. The minimum absolute atomic E-state index is 0.340. The van der Waals surface area contributed by atoms with Crippen LogP contribution in [0.3, 0.4) is 0 Å². The summed E-state index contributed by atoms with van der Waals surface area (Å²) < 4.78 is 10.1. The number of hydrogen-bond donors (Lipinski definition) is 0. The van der Waals surface area contributed by atoms with Gasteiger partial charge in [0.1, 0.15) is 11.5 Å². The van der Waals surface area contributed by atoms with Gasteiger partial charge in [0.2, 0.25) is 0 Å². The quantitative estimate of drug-likeness (QED) is 0.417. The summed E-state index contributed by atoms with van der Waals surface area (Å²) in [5.41, 5.74) is 3.60. The molecule has 3 rings (SSSR count). The lowest BCUT2D eigenvalue weighted by atomic mass is 10.1. The molecule has 1 heterocycles. The van der Waals surface area contributed by atoms with Gasteiger partial charge >= 0.3 is 11.9 Å². The molecular weight excluding hydrogens is 378 g/mol. The lowest BCUT2D eigenvalue weighted by Gasteiger charge is -2.01. The van der Waals surface area contributed by atoms with Gasteiger partial charge in [-0.15, -0.1) is 0 Å². The first-order valence-electron chi connectivity index (χ1n) is 9.38. The Labute approximate surface area is 175 Å². The fourth-order valence-corrected chi connectivity index (χ4v) is 2.64. The van der Waals surface area contributed by atoms with Crippen LogP contribution in [0.15, 0.2) is 66.7 Å². The molecule has 0 bridgehead atoms. The van der Waals surface area contributed by atoms with Gasteiger partial charge in [-0.1, -0.05) is 42.5 Å².